The molecule has 6 saturated heterocycles. The summed E-state index contributed by atoms with van der Waals surface area (Å²) in [4.78, 5) is 121. The smallest absolute Gasteiger partial charge is 0.262 e. The van der Waals surface area contributed by atoms with Crippen LogP contribution in [0.1, 0.15) is 154 Å². The van der Waals surface area contributed by atoms with E-state index in [-0.39, 0.29) is 54.9 Å². The topological polar surface area (TPSA) is 286 Å². The molecule has 2 atom stereocenters. The van der Waals surface area contributed by atoms with Gasteiger partial charge in [0, 0.05) is 171 Å². The molecule has 8 fully saturated rings. The number of imide groups is 4. The number of carbonyl (C=O) groups is 8. The summed E-state index contributed by atoms with van der Waals surface area (Å²) in [5.41, 5.74) is 12.7. The number of allylic oxidation sites excluding steroid dienone is 2. The van der Waals surface area contributed by atoms with Crippen molar-refractivity contribution in [2.45, 2.75) is 114 Å². The number of halogens is 3. The minimum atomic E-state index is -1.02. The summed E-state index contributed by atoms with van der Waals surface area (Å²) < 4.78 is 25.5. The van der Waals surface area contributed by atoms with Crippen LogP contribution in [0.15, 0.2) is 155 Å². The number of nitrogens with zero attached hydrogens (tertiary/aromatic N) is 11. The maximum Gasteiger partial charge on any atom is 0.262 e. The van der Waals surface area contributed by atoms with Gasteiger partial charge in [-0.05, 0) is 183 Å². The highest BCUT2D eigenvalue weighted by atomic mass is 35.5. The fourth-order valence-corrected chi connectivity index (χ4v) is 18.4. The van der Waals surface area contributed by atoms with Gasteiger partial charge < -0.3 is 34.4 Å². The first-order valence-electron chi connectivity index (χ1n) is 40.1. The molecule has 18 rings (SSSR count). The standard InChI is InChI=1S/C44H44ClN7O5.C31H36ClN5O.C13H9FN2O4/c45-38-21-35(11-5-30(38)22-46)57-34-9-3-28(4-10-34)31-19-39(47-23-31)29-1-6-32(7-2-29)51-25-27(26-51)24-49-15-17-50(18-16-49)33-8-12-36-37(20-33)44(56)52(43(36)55)40-13-14-41(53)48-42(40)54;32-30-16-29(10-5-25(30)17-33)38-28-8-3-23(4-9-28)26-15-31(35-18-26)24-1-6-27(7-2-24)37-20-22(21-37)19-36-13-11-34-12-14-36;14-6-1-2-7-8(5-6)13(20)16(12(7)19)9-3-4-10(17)15-11(9)18/h1-2,5-8,11-12,20-21,23,27-28,34,40H,3-4,9-10,13-19,24-26H2,(H,48,53,54);1-2,5-7,10,16,18,22-23,28,34H,3-4,8-9,11-15,19-21H2;1-2,5,9H,3-4H2,(H,15,17,18). The van der Waals surface area contributed by atoms with Crippen LogP contribution in [0.2, 0.25) is 10.0 Å². The molecule has 10 heterocycles. The Kier molecular flexibility index (Phi) is 23.2. The molecule has 8 amide bonds. The molecule has 12 aliphatic rings. The lowest BCUT2D eigenvalue weighted by molar-refractivity contribution is -0.137. The van der Waals surface area contributed by atoms with Gasteiger partial charge in [0.05, 0.1) is 67.1 Å². The molecule has 2 unspecified atom stereocenters. The zero-order valence-electron chi connectivity index (χ0n) is 63.8. The second kappa shape index (κ2) is 34.2. The van der Waals surface area contributed by atoms with E-state index in [9.17, 15) is 42.7 Å². The first kappa shape index (κ1) is 78.0. The van der Waals surface area contributed by atoms with Crippen LogP contribution in [0.5, 0.6) is 11.5 Å². The van der Waals surface area contributed by atoms with Gasteiger partial charge in [-0.25, -0.2) is 4.39 Å². The highest BCUT2D eigenvalue weighted by Crippen LogP contribution is 2.41. The fraction of sp³-hybridized carbons (Fsp3) is 0.409. The van der Waals surface area contributed by atoms with Gasteiger partial charge in [0.15, 0.2) is 0 Å². The number of piperidine rings is 2. The van der Waals surface area contributed by atoms with E-state index >= 15 is 0 Å². The third-order valence-electron chi connectivity index (χ3n) is 24.5. The van der Waals surface area contributed by atoms with E-state index in [1.807, 2.05) is 18.2 Å². The van der Waals surface area contributed by atoms with Crippen molar-refractivity contribution in [3.8, 4) is 23.6 Å². The number of piperazine rings is 2. The summed E-state index contributed by atoms with van der Waals surface area (Å²) in [5, 5.41) is 26.8. The van der Waals surface area contributed by atoms with Gasteiger partial charge in [-0.15, -0.1) is 0 Å². The molecule has 6 aromatic rings. The third kappa shape index (κ3) is 17.2. The number of benzene rings is 6. The molecule has 115 heavy (non-hydrogen) atoms. The third-order valence-corrected chi connectivity index (χ3v) is 25.1. The normalized spacial score (nSPS) is 23.9. The van der Waals surface area contributed by atoms with Crippen molar-refractivity contribution in [3.63, 3.8) is 0 Å². The number of carbonyl (C=O) groups excluding carboxylic acids is 8. The van der Waals surface area contributed by atoms with Crippen molar-refractivity contribution in [3.05, 3.63) is 205 Å². The average molecular weight is 1590 g/mol. The quantitative estimate of drug-likeness (QED) is 0.0715. The SMILES string of the molecule is N#Cc1ccc(OC2CCC(C3=CN=C(c4ccc(N5CC(CN6CCN(c7ccc8c(c7)C(=O)N(C7CCC(=O)NC7=O)C8=O)CC6)C5)cc4)C3)CC2)cc1Cl.N#Cc1ccc(OC2CCC(C3=CN=C(c4ccc(N5CC(CN6CCNCC6)C5)cc4)C3)CC2)cc1Cl.O=C1CCC(N2C(=O)c3ccc(F)cc3C2=O)C(=O)N1. The molecule has 0 bridgehead atoms. The Morgan fingerprint density at radius 2 is 0.870 bits per heavy atom. The molecule has 0 aromatic heterocycles. The molecule has 0 spiro atoms. The molecule has 2 aliphatic carbocycles. The van der Waals surface area contributed by atoms with Gasteiger partial charge in [0.1, 0.15) is 41.5 Å². The number of nitriles is 2. The van der Waals surface area contributed by atoms with E-state index in [0.717, 1.165) is 174 Å². The zero-order chi connectivity index (χ0) is 79.5. The highest BCUT2D eigenvalue weighted by Gasteiger charge is 2.47. The Labute approximate surface area is 676 Å². The van der Waals surface area contributed by atoms with E-state index in [2.05, 4.69) is 114 Å². The molecule has 6 aromatic carbocycles. The van der Waals surface area contributed by atoms with Crippen molar-refractivity contribution in [2.24, 2.45) is 33.7 Å². The number of hydrogen-bond acceptors (Lipinski definition) is 20. The first-order valence-corrected chi connectivity index (χ1v) is 40.8. The second-order valence-corrected chi connectivity index (χ2v) is 32.7. The Balaban J connectivity index is 0.000000146. The molecule has 10 aliphatic heterocycles. The van der Waals surface area contributed by atoms with E-state index < -0.39 is 59.3 Å². The predicted octanol–water partition coefficient (Wildman–Crippen LogP) is 11.1. The Morgan fingerprint density at radius 1 is 0.452 bits per heavy atom. The van der Waals surface area contributed by atoms with Gasteiger partial charge in [0.25, 0.3) is 23.6 Å². The predicted molar refractivity (Wildman–Crippen MR) is 432 cm³/mol. The average Bonchev–Trinajstić information content (AvgIpc) is 1.62. The lowest BCUT2D eigenvalue weighted by atomic mass is 9.81. The van der Waals surface area contributed by atoms with Crippen LogP contribution < -0.4 is 40.1 Å². The largest absolute Gasteiger partial charge is 0.490 e. The number of ether oxygens (including phenoxy) is 2. The van der Waals surface area contributed by atoms with Crippen LogP contribution >= 0.6 is 23.2 Å². The maximum atomic E-state index is 13.3. The van der Waals surface area contributed by atoms with Gasteiger partial charge >= 0.3 is 0 Å². The van der Waals surface area contributed by atoms with E-state index in [0.29, 0.717) is 50.1 Å². The number of amides is 8. The lowest BCUT2D eigenvalue weighted by Crippen LogP contribution is -2.55. The molecule has 27 heteroatoms. The molecule has 3 N–H and O–H groups in total. The summed E-state index contributed by atoms with van der Waals surface area (Å²) in [7, 11) is 0. The van der Waals surface area contributed by atoms with E-state index in [1.165, 1.54) is 78.1 Å². The van der Waals surface area contributed by atoms with Crippen LogP contribution in [0.25, 0.3) is 0 Å². The highest BCUT2D eigenvalue weighted by molar-refractivity contribution is 6.32. The van der Waals surface area contributed by atoms with Crippen LogP contribution in [-0.4, -0.2) is 194 Å². The Hall–Kier alpha value is -10.9. The van der Waals surface area contributed by atoms with E-state index in [4.69, 9.17) is 53.2 Å². The van der Waals surface area contributed by atoms with Crippen molar-refractivity contribution < 1.29 is 52.2 Å². The minimum absolute atomic E-state index is 0.0537. The van der Waals surface area contributed by atoms with Crippen LogP contribution in [-0.2, 0) is 19.2 Å². The molecular weight excluding hydrogens is 1500 g/mol. The Bertz CT molecular complexity index is 5050. The zero-order valence-corrected chi connectivity index (χ0v) is 65.3. The Morgan fingerprint density at radius 3 is 1.30 bits per heavy atom. The molecule has 2 saturated carbocycles. The van der Waals surface area contributed by atoms with Crippen molar-refractivity contribution in [1.29, 1.82) is 10.5 Å². The summed E-state index contributed by atoms with van der Waals surface area (Å²) in [6.45, 7) is 14.8. The lowest BCUT2D eigenvalue weighted by Gasteiger charge is -2.45. The number of anilines is 3. The van der Waals surface area contributed by atoms with Crippen molar-refractivity contribution in [2.75, 3.05) is 106 Å². The van der Waals surface area contributed by atoms with Crippen LogP contribution in [0.3, 0.4) is 0 Å². The summed E-state index contributed by atoms with van der Waals surface area (Å²) in [6.07, 6.45) is 15.2. The number of rotatable bonds is 17. The van der Waals surface area contributed by atoms with E-state index in [1.54, 1.807) is 36.4 Å². The van der Waals surface area contributed by atoms with Gasteiger partial charge in [0.2, 0.25) is 23.6 Å². The second-order valence-electron chi connectivity index (χ2n) is 31.9. The monoisotopic (exact) mass is 1590 g/mol. The van der Waals surface area contributed by atoms with Gasteiger partial charge in [-0.2, -0.15) is 10.5 Å². The fourth-order valence-electron chi connectivity index (χ4n) is 18.0. The molecule has 24 nitrogen and oxygen atoms in total. The number of hydrogen-bond donors (Lipinski definition) is 3. The first-order chi connectivity index (χ1) is 55.8. The molecule has 0 radical (unpaired) electrons. The van der Waals surface area contributed by atoms with Crippen LogP contribution in [0.4, 0.5) is 21.5 Å². The summed E-state index contributed by atoms with van der Waals surface area (Å²) >= 11 is 12.4. The van der Waals surface area contributed by atoms with Gasteiger partial charge in [-0.1, -0.05) is 47.5 Å². The number of nitrogens with one attached hydrogen (secondary N) is 3. The summed E-state index contributed by atoms with van der Waals surface area (Å²) in [5.74, 6) is -1.07. The van der Waals surface area contributed by atoms with Gasteiger partial charge in [-0.3, -0.25) is 73.7 Å². The molecular formula is C88H89Cl2FN14O10. The molecule has 592 valence electrons. The van der Waals surface area contributed by atoms with Crippen LogP contribution in [0, 0.1) is 52.2 Å². The maximum absolute atomic E-state index is 13.3. The van der Waals surface area contributed by atoms with Crippen molar-refractivity contribution in [1.82, 2.24) is 35.6 Å². The number of aliphatic imine (C=N–C) groups is 2. The number of fused-ring (bicyclic) bond motifs is 2. The van der Waals surface area contributed by atoms with Crippen molar-refractivity contribution >= 4 is 98.9 Å². The summed E-state index contributed by atoms with van der Waals surface area (Å²) in [6, 6.07) is 39.3. The minimum Gasteiger partial charge on any atom is -0.490 e.